The summed E-state index contributed by atoms with van der Waals surface area (Å²) in [5.41, 5.74) is 7.34. The molecule has 5 nitrogen and oxygen atoms in total. The van der Waals surface area contributed by atoms with Gasteiger partial charge >= 0.3 is 0 Å². The second kappa shape index (κ2) is 6.95. The molecule has 6 heteroatoms. The number of hydrogen-bond acceptors (Lipinski definition) is 4. The lowest BCUT2D eigenvalue weighted by Gasteiger charge is -2.22. The molecule has 1 fully saturated rings. The van der Waals surface area contributed by atoms with Crippen LogP contribution < -0.4 is 10.6 Å². The highest BCUT2D eigenvalue weighted by Gasteiger charge is 2.21. The van der Waals surface area contributed by atoms with Crippen LogP contribution in [0.4, 0.5) is 5.69 Å². The Bertz CT molecular complexity index is 489. The Hall–Kier alpha value is -1.27. The Morgan fingerprint density at radius 1 is 1.55 bits per heavy atom. The first-order chi connectivity index (χ1) is 9.61. The first kappa shape index (κ1) is 15.1. The molecule has 0 aromatic heterocycles. The molecule has 1 saturated carbocycles. The number of anilines is 1. The van der Waals surface area contributed by atoms with E-state index in [-0.39, 0.29) is 5.84 Å². The van der Waals surface area contributed by atoms with Crippen molar-refractivity contribution in [2.45, 2.75) is 12.8 Å². The standard InChI is InChI=1S/C14H20BrN3O2/c1-18(6-7-20-9-10-2-3-10)13-5-4-11(15)8-12(13)14(16)17-19/h4-5,8,10,19H,2-3,6-7,9H2,1H3,(H2,16,17). The van der Waals surface area contributed by atoms with Gasteiger partial charge < -0.3 is 20.6 Å². The van der Waals surface area contributed by atoms with Gasteiger partial charge in [-0.3, -0.25) is 0 Å². The van der Waals surface area contributed by atoms with Crippen molar-refractivity contribution in [3.05, 3.63) is 28.2 Å². The molecule has 2 rings (SSSR count). The zero-order valence-corrected chi connectivity index (χ0v) is 13.1. The smallest absolute Gasteiger partial charge is 0.172 e. The number of likely N-dealkylation sites (N-methyl/N-ethyl adjacent to an activating group) is 1. The quantitative estimate of drug-likeness (QED) is 0.262. The molecule has 1 aromatic rings. The molecule has 0 saturated heterocycles. The van der Waals surface area contributed by atoms with Gasteiger partial charge in [0.05, 0.1) is 6.61 Å². The maximum absolute atomic E-state index is 8.87. The van der Waals surface area contributed by atoms with E-state index in [0.29, 0.717) is 12.2 Å². The predicted octanol–water partition coefficient (Wildman–Crippen LogP) is 2.41. The van der Waals surface area contributed by atoms with E-state index in [0.717, 1.165) is 29.2 Å². The number of benzene rings is 1. The van der Waals surface area contributed by atoms with Crippen molar-refractivity contribution < 1.29 is 9.94 Å². The molecular formula is C14H20BrN3O2. The highest BCUT2D eigenvalue weighted by molar-refractivity contribution is 9.10. The molecule has 0 unspecified atom stereocenters. The van der Waals surface area contributed by atoms with E-state index < -0.39 is 0 Å². The van der Waals surface area contributed by atoms with Crippen LogP contribution in [0.15, 0.2) is 27.8 Å². The minimum absolute atomic E-state index is 0.104. The normalized spacial score (nSPS) is 15.4. The van der Waals surface area contributed by atoms with Gasteiger partial charge in [0.1, 0.15) is 0 Å². The molecule has 0 spiro atoms. The van der Waals surface area contributed by atoms with E-state index in [9.17, 15) is 0 Å². The monoisotopic (exact) mass is 341 g/mol. The van der Waals surface area contributed by atoms with E-state index >= 15 is 0 Å². The van der Waals surface area contributed by atoms with E-state index in [4.69, 9.17) is 15.7 Å². The summed E-state index contributed by atoms with van der Waals surface area (Å²) < 4.78 is 6.53. The lowest BCUT2D eigenvalue weighted by atomic mass is 10.1. The van der Waals surface area contributed by atoms with E-state index in [1.54, 1.807) is 0 Å². The Labute approximate surface area is 127 Å². The van der Waals surface area contributed by atoms with Crippen molar-refractivity contribution in [3.63, 3.8) is 0 Å². The zero-order chi connectivity index (χ0) is 14.5. The Balaban J connectivity index is 1.98. The number of oxime groups is 1. The van der Waals surface area contributed by atoms with E-state index in [2.05, 4.69) is 21.1 Å². The van der Waals surface area contributed by atoms with Gasteiger partial charge in [-0.2, -0.15) is 0 Å². The average molecular weight is 342 g/mol. The summed E-state index contributed by atoms with van der Waals surface area (Å²) in [6.07, 6.45) is 2.60. The van der Waals surface area contributed by atoms with Crippen LogP contribution in [0.25, 0.3) is 0 Å². The average Bonchev–Trinajstić information content (AvgIpc) is 3.26. The van der Waals surface area contributed by atoms with Gasteiger partial charge in [-0.25, -0.2) is 0 Å². The molecule has 1 aliphatic carbocycles. The molecule has 0 aliphatic heterocycles. The molecule has 20 heavy (non-hydrogen) atoms. The largest absolute Gasteiger partial charge is 0.409 e. The van der Waals surface area contributed by atoms with Crippen LogP contribution in [-0.2, 0) is 4.74 Å². The van der Waals surface area contributed by atoms with Gasteiger partial charge in [-0.15, -0.1) is 0 Å². The van der Waals surface area contributed by atoms with Crippen LogP contribution in [0.2, 0.25) is 0 Å². The molecule has 0 amide bonds. The van der Waals surface area contributed by atoms with Crippen LogP contribution in [0.5, 0.6) is 0 Å². The van der Waals surface area contributed by atoms with Crippen LogP contribution in [-0.4, -0.2) is 37.8 Å². The van der Waals surface area contributed by atoms with E-state index in [1.807, 2.05) is 30.1 Å². The Morgan fingerprint density at radius 3 is 2.95 bits per heavy atom. The Kier molecular flexibility index (Phi) is 5.25. The number of amidine groups is 1. The maximum atomic E-state index is 8.87. The molecule has 0 atom stereocenters. The highest BCUT2D eigenvalue weighted by Crippen LogP contribution is 2.28. The highest BCUT2D eigenvalue weighted by atomic mass is 79.9. The molecule has 0 radical (unpaired) electrons. The van der Waals surface area contributed by atoms with Crippen LogP contribution >= 0.6 is 15.9 Å². The third-order valence-electron chi connectivity index (χ3n) is 3.38. The van der Waals surface area contributed by atoms with Gasteiger partial charge in [0.25, 0.3) is 0 Å². The third kappa shape index (κ3) is 4.11. The summed E-state index contributed by atoms with van der Waals surface area (Å²) in [5, 5.41) is 12.0. The Morgan fingerprint density at radius 2 is 2.30 bits per heavy atom. The number of nitrogens with zero attached hydrogens (tertiary/aromatic N) is 2. The van der Waals surface area contributed by atoms with Gasteiger partial charge in [0.15, 0.2) is 5.84 Å². The number of hydrogen-bond donors (Lipinski definition) is 2. The molecule has 1 aromatic carbocycles. The summed E-state index contributed by atoms with van der Waals surface area (Å²) >= 11 is 3.39. The minimum Gasteiger partial charge on any atom is -0.409 e. The fourth-order valence-electron chi connectivity index (χ4n) is 1.96. The van der Waals surface area contributed by atoms with Crippen LogP contribution in [0.1, 0.15) is 18.4 Å². The lowest BCUT2D eigenvalue weighted by molar-refractivity contribution is 0.131. The first-order valence-electron chi connectivity index (χ1n) is 6.68. The lowest BCUT2D eigenvalue weighted by Crippen LogP contribution is -2.26. The topological polar surface area (TPSA) is 71.1 Å². The fraction of sp³-hybridized carbons (Fsp3) is 0.500. The number of rotatable bonds is 7. The van der Waals surface area contributed by atoms with Crippen molar-refractivity contribution in [2.75, 3.05) is 31.7 Å². The summed E-state index contributed by atoms with van der Waals surface area (Å²) in [6.45, 7) is 2.31. The van der Waals surface area contributed by atoms with Gasteiger partial charge in [-0.05, 0) is 37.0 Å². The van der Waals surface area contributed by atoms with Crippen LogP contribution in [0.3, 0.4) is 0 Å². The van der Waals surface area contributed by atoms with Crippen molar-refractivity contribution in [3.8, 4) is 0 Å². The SMILES string of the molecule is CN(CCOCC1CC1)c1ccc(Br)cc1/C(N)=N/O. The fourth-order valence-corrected chi connectivity index (χ4v) is 2.32. The molecule has 0 bridgehead atoms. The predicted molar refractivity (Wildman–Crippen MR) is 83.5 cm³/mol. The molecular weight excluding hydrogens is 322 g/mol. The van der Waals surface area contributed by atoms with Crippen molar-refractivity contribution in [2.24, 2.45) is 16.8 Å². The van der Waals surface area contributed by atoms with Crippen molar-refractivity contribution >= 4 is 27.5 Å². The summed E-state index contributed by atoms with van der Waals surface area (Å²) in [7, 11) is 1.97. The third-order valence-corrected chi connectivity index (χ3v) is 3.87. The minimum atomic E-state index is 0.104. The molecule has 3 N–H and O–H groups in total. The number of halogens is 1. The summed E-state index contributed by atoms with van der Waals surface area (Å²) in [4.78, 5) is 2.05. The van der Waals surface area contributed by atoms with Crippen molar-refractivity contribution in [1.82, 2.24) is 0 Å². The van der Waals surface area contributed by atoms with Crippen LogP contribution in [0, 0.1) is 5.92 Å². The molecule has 1 aliphatic rings. The second-order valence-corrected chi connectivity index (χ2v) is 6.00. The number of nitrogens with two attached hydrogens (primary N) is 1. The van der Waals surface area contributed by atoms with E-state index in [1.165, 1.54) is 12.8 Å². The van der Waals surface area contributed by atoms with Crippen molar-refractivity contribution in [1.29, 1.82) is 0 Å². The van der Waals surface area contributed by atoms with Gasteiger partial charge in [0, 0.05) is 35.9 Å². The van der Waals surface area contributed by atoms with Gasteiger partial charge in [0.2, 0.25) is 0 Å². The first-order valence-corrected chi connectivity index (χ1v) is 7.47. The number of ether oxygens (including phenoxy) is 1. The zero-order valence-electron chi connectivity index (χ0n) is 11.6. The molecule has 110 valence electrons. The maximum Gasteiger partial charge on any atom is 0.172 e. The summed E-state index contributed by atoms with van der Waals surface area (Å²) in [5.74, 6) is 0.882. The second-order valence-electron chi connectivity index (χ2n) is 5.09. The van der Waals surface area contributed by atoms with Gasteiger partial charge in [-0.1, -0.05) is 21.1 Å². The summed E-state index contributed by atoms with van der Waals surface area (Å²) in [6, 6.07) is 5.72. The molecule has 0 heterocycles.